The molecule has 0 saturated heterocycles. The quantitative estimate of drug-likeness (QED) is 0.908. The predicted molar refractivity (Wildman–Crippen MR) is 84.7 cm³/mol. The molecule has 2 aromatic carbocycles. The highest BCUT2D eigenvalue weighted by Crippen LogP contribution is 2.26. The second kappa shape index (κ2) is 5.62. The number of hydrogen-bond acceptors (Lipinski definition) is 2. The van der Waals surface area contributed by atoms with Crippen LogP contribution in [0.1, 0.15) is 11.1 Å². The second-order valence-electron chi connectivity index (χ2n) is 4.91. The molecular weight excluding hydrogens is 286 g/mol. The van der Waals surface area contributed by atoms with Crippen molar-refractivity contribution >= 4 is 29.3 Å². The number of halogens is 1. The summed E-state index contributed by atoms with van der Waals surface area (Å²) in [7, 11) is 0. The van der Waals surface area contributed by atoms with E-state index in [1.54, 1.807) is 6.07 Å². The number of fused-ring (bicyclic) bond motifs is 1. The molecule has 1 aliphatic rings. The van der Waals surface area contributed by atoms with Crippen molar-refractivity contribution < 1.29 is 9.53 Å². The fourth-order valence-electron chi connectivity index (χ4n) is 2.13. The molecule has 0 saturated carbocycles. The number of amides is 1. The normalized spacial score (nSPS) is 13.0. The first-order chi connectivity index (χ1) is 10.1. The lowest BCUT2D eigenvalue weighted by atomic mass is 10.1. The Labute approximate surface area is 128 Å². The molecule has 0 aliphatic carbocycles. The maximum absolute atomic E-state index is 12.3. The number of carbonyl (C=O) groups excluding carboxylic acids is 1. The maximum Gasteiger partial charge on any atom is 0.255 e. The van der Waals surface area contributed by atoms with Crippen LogP contribution in [0.25, 0.3) is 6.08 Å². The fraction of sp³-hybridized carbons (Fsp3) is 0.118. The molecule has 1 aliphatic heterocycles. The van der Waals surface area contributed by atoms with Crippen LogP contribution in [-0.4, -0.2) is 12.5 Å². The van der Waals surface area contributed by atoms with E-state index in [-0.39, 0.29) is 12.5 Å². The topological polar surface area (TPSA) is 38.3 Å². The third kappa shape index (κ3) is 2.93. The lowest BCUT2D eigenvalue weighted by molar-refractivity contribution is -0.113. The van der Waals surface area contributed by atoms with E-state index < -0.39 is 0 Å². The minimum absolute atomic E-state index is 0.176. The van der Waals surface area contributed by atoms with Crippen molar-refractivity contribution in [1.82, 2.24) is 0 Å². The van der Waals surface area contributed by atoms with Crippen LogP contribution in [0.15, 0.2) is 48.0 Å². The zero-order valence-corrected chi connectivity index (χ0v) is 12.3. The Morgan fingerprint density at radius 2 is 2.05 bits per heavy atom. The van der Waals surface area contributed by atoms with Gasteiger partial charge in [0.05, 0.1) is 5.57 Å². The molecule has 2 aromatic rings. The van der Waals surface area contributed by atoms with Gasteiger partial charge in [-0.05, 0) is 36.8 Å². The molecule has 0 fully saturated rings. The average Bonchev–Trinajstić information content (AvgIpc) is 2.50. The smallest absolute Gasteiger partial charge is 0.255 e. The van der Waals surface area contributed by atoms with Crippen LogP contribution in [0, 0.1) is 6.92 Å². The summed E-state index contributed by atoms with van der Waals surface area (Å²) in [6, 6.07) is 13.1. The molecule has 106 valence electrons. The third-order valence-corrected chi connectivity index (χ3v) is 3.76. The predicted octanol–water partition coefficient (Wildman–Crippen LogP) is 4.06. The summed E-state index contributed by atoms with van der Waals surface area (Å²) >= 11 is 6.06. The van der Waals surface area contributed by atoms with E-state index in [1.807, 2.05) is 49.4 Å². The Morgan fingerprint density at radius 1 is 1.24 bits per heavy atom. The highest BCUT2D eigenvalue weighted by molar-refractivity contribution is 6.31. The van der Waals surface area contributed by atoms with Crippen molar-refractivity contribution in [2.45, 2.75) is 6.92 Å². The first-order valence-electron chi connectivity index (χ1n) is 6.63. The van der Waals surface area contributed by atoms with Gasteiger partial charge in [-0.1, -0.05) is 35.9 Å². The maximum atomic E-state index is 12.3. The van der Waals surface area contributed by atoms with Crippen LogP contribution in [0.2, 0.25) is 5.02 Å². The number of para-hydroxylation sites is 1. The van der Waals surface area contributed by atoms with Crippen LogP contribution in [0.3, 0.4) is 0 Å². The van der Waals surface area contributed by atoms with Crippen LogP contribution in [0.4, 0.5) is 5.69 Å². The number of nitrogens with one attached hydrogen (secondary N) is 1. The number of benzene rings is 2. The number of aryl methyl sites for hydroxylation is 1. The number of carbonyl (C=O) groups is 1. The Hall–Kier alpha value is -2.26. The Bertz CT molecular complexity index is 737. The van der Waals surface area contributed by atoms with Gasteiger partial charge in [-0.3, -0.25) is 4.79 Å². The summed E-state index contributed by atoms with van der Waals surface area (Å²) in [5, 5.41) is 3.47. The molecule has 3 rings (SSSR count). The van der Waals surface area contributed by atoms with Gasteiger partial charge in [0, 0.05) is 16.3 Å². The van der Waals surface area contributed by atoms with E-state index in [2.05, 4.69) is 5.32 Å². The van der Waals surface area contributed by atoms with Crippen molar-refractivity contribution in [3.05, 3.63) is 64.2 Å². The van der Waals surface area contributed by atoms with E-state index in [9.17, 15) is 4.79 Å². The summed E-state index contributed by atoms with van der Waals surface area (Å²) < 4.78 is 5.58. The molecule has 0 radical (unpaired) electrons. The lowest BCUT2D eigenvalue weighted by Gasteiger charge is -2.17. The van der Waals surface area contributed by atoms with Crippen molar-refractivity contribution in [2.24, 2.45) is 0 Å². The Morgan fingerprint density at radius 3 is 2.86 bits per heavy atom. The van der Waals surface area contributed by atoms with Gasteiger partial charge in [-0.15, -0.1) is 0 Å². The minimum Gasteiger partial charge on any atom is -0.488 e. The lowest BCUT2D eigenvalue weighted by Crippen LogP contribution is -2.21. The monoisotopic (exact) mass is 299 g/mol. The SMILES string of the molecule is Cc1ccc(NC(=O)C2=Cc3ccccc3OC2)cc1Cl. The second-order valence-corrected chi connectivity index (χ2v) is 5.32. The molecular formula is C17H14ClNO2. The average molecular weight is 300 g/mol. The fourth-order valence-corrected chi connectivity index (χ4v) is 2.31. The Kier molecular flexibility index (Phi) is 3.67. The van der Waals surface area contributed by atoms with Crippen molar-refractivity contribution in [3.8, 4) is 5.75 Å². The first-order valence-corrected chi connectivity index (χ1v) is 7.01. The zero-order chi connectivity index (χ0) is 14.8. The molecule has 0 bridgehead atoms. The minimum atomic E-state index is -0.176. The summed E-state index contributed by atoms with van der Waals surface area (Å²) in [5.74, 6) is 0.622. The molecule has 1 amide bonds. The molecule has 21 heavy (non-hydrogen) atoms. The molecule has 1 N–H and O–H groups in total. The van der Waals surface area contributed by atoms with Gasteiger partial charge in [0.15, 0.2) is 0 Å². The van der Waals surface area contributed by atoms with E-state index in [4.69, 9.17) is 16.3 Å². The number of ether oxygens (including phenoxy) is 1. The van der Waals surface area contributed by atoms with Gasteiger partial charge in [0.1, 0.15) is 12.4 Å². The van der Waals surface area contributed by atoms with Crippen LogP contribution >= 0.6 is 11.6 Å². The standard InChI is InChI=1S/C17H14ClNO2/c1-11-6-7-14(9-15(11)18)19-17(20)13-8-12-4-2-3-5-16(12)21-10-13/h2-9H,10H2,1H3,(H,19,20). The van der Waals surface area contributed by atoms with Crippen molar-refractivity contribution in [2.75, 3.05) is 11.9 Å². The van der Waals surface area contributed by atoms with Crippen LogP contribution < -0.4 is 10.1 Å². The molecule has 0 atom stereocenters. The molecule has 4 heteroatoms. The molecule has 1 heterocycles. The molecule has 0 spiro atoms. The first kappa shape index (κ1) is 13.7. The molecule has 0 unspecified atom stereocenters. The van der Waals surface area contributed by atoms with Crippen molar-refractivity contribution in [1.29, 1.82) is 0 Å². The van der Waals surface area contributed by atoms with E-state index in [0.717, 1.165) is 16.9 Å². The van der Waals surface area contributed by atoms with E-state index >= 15 is 0 Å². The summed E-state index contributed by atoms with van der Waals surface area (Å²) in [4.78, 5) is 12.3. The third-order valence-electron chi connectivity index (χ3n) is 3.35. The highest BCUT2D eigenvalue weighted by atomic mass is 35.5. The number of rotatable bonds is 2. The highest BCUT2D eigenvalue weighted by Gasteiger charge is 2.17. The van der Waals surface area contributed by atoms with Gasteiger partial charge in [-0.2, -0.15) is 0 Å². The zero-order valence-electron chi connectivity index (χ0n) is 11.5. The van der Waals surface area contributed by atoms with Gasteiger partial charge in [0.25, 0.3) is 5.91 Å². The Balaban J connectivity index is 1.80. The van der Waals surface area contributed by atoms with E-state index in [0.29, 0.717) is 16.3 Å². The number of hydrogen-bond donors (Lipinski definition) is 1. The van der Waals surface area contributed by atoms with Gasteiger partial charge < -0.3 is 10.1 Å². The van der Waals surface area contributed by atoms with Gasteiger partial charge in [0.2, 0.25) is 0 Å². The molecule has 0 aromatic heterocycles. The molecule has 3 nitrogen and oxygen atoms in total. The summed E-state index contributed by atoms with van der Waals surface area (Å²) in [6.45, 7) is 2.19. The van der Waals surface area contributed by atoms with E-state index in [1.165, 1.54) is 0 Å². The largest absolute Gasteiger partial charge is 0.488 e. The van der Waals surface area contributed by atoms with Gasteiger partial charge >= 0.3 is 0 Å². The summed E-state index contributed by atoms with van der Waals surface area (Å²) in [6.07, 6.45) is 1.85. The van der Waals surface area contributed by atoms with Crippen LogP contribution in [-0.2, 0) is 4.79 Å². The van der Waals surface area contributed by atoms with Gasteiger partial charge in [-0.25, -0.2) is 0 Å². The number of anilines is 1. The van der Waals surface area contributed by atoms with Crippen molar-refractivity contribution in [3.63, 3.8) is 0 Å². The van der Waals surface area contributed by atoms with Crippen LogP contribution in [0.5, 0.6) is 5.75 Å². The summed E-state index contributed by atoms with van der Waals surface area (Å²) in [5.41, 5.74) is 3.15.